The van der Waals surface area contributed by atoms with Gasteiger partial charge in [-0.1, -0.05) is 0 Å². The SMILES string of the molecule is COc1ccc(OC)c(CNC(=O)c2snc(-c3ccc(F)cc3)c2N)c1. The van der Waals surface area contributed by atoms with Crippen molar-refractivity contribution in [2.75, 3.05) is 20.0 Å². The van der Waals surface area contributed by atoms with E-state index in [-0.39, 0.29) is 24.0 Å². The van der Waals surface area contributed by atoms with Gasteiger partial charge in [0.25, 0.3) is 5.91 Å². The average molecular weight is 387 g/mol. The summed E-state index contributed by atoms with van der Waals surface area (Å²) in [5.74, 6) is 0.609. The minimum absolute atomic E-state index is 0.239. The first-order valence-corrected chi connectivity index (χ1v) is 8.81. The lowest BCUT2D eigenvalue weighted by Gasteiger charge is -2.11. The summed E-state index contributed by atoms with van der Waals surface area (Å²) in [6, 6.07) is 11.1. The lowest BCUT2D eigenvalue weighted by atomic mass is 10.1. The van der Waals surface area contributed by atoms with Crippen molar-refractivity contribution in [1.29, 1.82) is 0 Å². The zero-order valence-electron chi connectivity index (χ0n) is 14.8. The summed E-state index contributed by atoms with van der Waals surface area (Å²) in [7, 11) is 3.13. The number of rotatable bonds is 6. The van der Waals surface area contributed by atoms with E-state index in [1.54, 1.807) is 44.6 Å². The number of carbonyl (C=O) groups is 1. The largest absolute Gasteiger partial charge is 0.497 e. The molecule has 0 spiro atoms. The summed E-state index contributed by atoms with van der Waals surface area (Å²) in [6.45, 7) is 0.239. The molecule has 0 aliphatic carbocycles. The van der Waals surface area contributed by atoms with Crippen LogP contribution in [0, 0.1) is 5.82 Å². The third kappa shape index (κ3) is 4.01. The molecule has 0 aliphatic heterocycles. The third-order valence-electron chi connectivity index (χ3n) is 3.98. The molecule has 1 amide bonds. The molecule has 0 unspecified atom stereocenters. The number of nitrogens with zero attached hydrogens (tertiary/aromatic N) is 1. The number of nitrogens with two attached hydrogens (primary N) is 1. The summed E-state index contributed by atoms with van der Waals surface area (Å²) in [4.78, 5) is 12.8. The van der Waals surface area contributed by atoms with Gasteiger partial charge in [-0.05, 0) is 54.0 Å². The number of nitrogens with one attached hydrogen (secondary N) is 1. The van der Waals surface area contributed by atoms with E-state index in [1.165, 1.54) is 12.1 Å². The van der Waals surface area contributed by atoms with Crippen molar-refractivity contribution in [3.8, 4) is 22.8 Å². The number of anilines is 1. The molecule has 1 aromatic heterocycles. The van der Waals surface area contributed by atoms with Crippen LogP contribution >= 0.6 is 11.5 Å². The lowest BCUT2D eigenvalue weighted by Crippen LogP contribution is -2.23. The molecule has 140 valence electrons. The number of hydrogen-bond donors (Lipinski definition) is 2. The fourth-order valence-corrected chi connectivity index (χ4v) is 3.29. The molecule has 0 saturated heterocycles. The van der Waals surface area contributed by atoms with Crippen molar-refractivity contribution in [1.82, 2.24) is 9.69 Å². The molecule has 2 aromatic carbocycles. The van der Waals surface area contributed by atoms with E-state index in [4.69, 9.17) is 15.2 Å². The Kier molecular flexibility index (Phi) is 5.56. The molecular weight excluding hydrogens is 369 g/mol. The Morgan fingerprint density at radius 3 is 2.59 bits per heavy atom. The van der Waals surface area contributed by atoms with E-state index in [0.717, 1.165) is 17.1 Å². The quantitative estimate of drug-likeness (QED) is 0.676. The highest BCUT2D eigenvalue weighted by Gasteiger charge is 2.19. The number of methoxy groups -OCH3 is 2. The summed E-state index contributed by atoms with van der Waals surface area (Å²) < 4.78 is 27.8. The van der Waals surface area contributed by atoms with Crippen LogP contribution in [0.25, 0.3) is 11.3 Å². The van der Waals surface area contributed by atoms with E-state index in [0.29, 0.717) is 27.6 Å². The Labute approximate surface area is 159 Å². The van der Waals surface area contributed by atoms with Crippen LogP contribution in [-0.2, 0) is 6.54 Å². The van der Waals surface area contributed by atoms with Crippen LogP contribution in [0.3, 0.4) is 0 Å². The first kappa shape index (κ1) is 18.7. The fourth-order valence-electron chi connectivity index (χ4n) is 2.55. The van der Waals surface area contributed by atoms with Gasteiger partial charge < -0.3 is 20.5 Å². The molecule has 0 saturated carbocycles. The van der Waals surface area contributed by atoms with Gasteiger partial charge in [0.05, 0.1) is 19.9 Å². The second-order valence-corrected chi connectivity index (χ2v) is 6.41. The van der Waals surface area contributed by atoms with E-state index in [2.05, 4.69) is 9.69 Å². The van der Waals surface area contributed by atoms with E-state index < -0.39 is 0 Å². The molecule has 3 rings (SSSR count). The van der Waals surface area contributed by atoms with Crippen molar-refractivity contribution in [3.05, 3.63) is 58.7 Å². The maximum atomic E-state index is 13.1. The molecule has 3 aromatic rings. The van der Waals surface area contributed by atoms with Crippen LogP contribution < -0.4 is 20.5 Å². The predicted octanol–water partition coefficient (Wildman–Crippen LogP) is 3.48. The second-order valence-electron chi connectivity index (χ2n) is 5.64. The summed E-state index contributed by atoms with van der Waals surface area (Å²) in [6.07, 6.45) is 0. The van der Waals surface area contributed by atoms with E-state index >= 15 is 0 Å². The number of nitrogen functional groups attached to an aromatic ring is 1. The van der Waals surface area contributed by atoms with Crippen LogP contribution in [0.2, 0.25) is 0 Å². The number of aromatic nitrogens is 1. The number of benzene rings is 2. The highest BCUT2D eigenvalue weighted by atomic mass is 32.1. The zero-order chi connectivity index (χ0) is 19.4. The van der Waals surface area contributed by atoms with Gasteiger partial charge in [-0.2, -0.15) is 4.37 Å². The van der Waals surface area contributed by atoms with Crippen molar-refractivity contribution in [2.24, 2.45) is 0 Å². The van der Waals surface area contributed by atoms with Crippen LogP contribution in [0.1, 0.15) is 15.2 Å². The maximum absolute atomic E-state index is 13.1. The Hall–Kier alpha value is -3.13. The smallest absolute Gasteiger partial charge is 0.265 e. The van der Waals surface area contributed by atoms with Gasteiger partial charge in [-0.25, -0.2) is 4.39 Å². The second kappa shape index (κ2) is 8.05. The first-order chi connectivity index (χ1) is 13.0. The van der Waals surface area contributed by atoms with Gasteiger partial charge in [0.15, 0.2) is 0 Å². The number of halogens is 1. The summed E-state index contributed by atoms with van der Waals surface area (Å²) in [5.41, 5.74) is 8.24. The van der Waals surface area contributed by atoms with Gasteiger partial charge in [0, 0.05) is 17.7 Å². The average Bonchev–Trinajstić information content (AvgIpc) is 3.08. The van der Waals surface area contributed by atoms with Crippen LogP contribution in [0.4, 0.5) is 10.1 Å². The van der Waals surface area contributed by atoms with Crippen LogP contribution in [0.15, 0.2) is 42.5 Å². The molecule has 3 N–H and O–H groups in total. The number of carbonyl (C=O) groups excluding carboxylic acids is 1. The molecule has 0 aliphatic rings. The minimum atomic E-state index is -0.349. The van der Waals surface area contributed by atoms with Crippen molar-refractivity contribution < 1.29 is 18.7 Å². The van der Waals surface area contributed by atoms with Crippen molar-refractivity contribution >= 4 is 23.1 Å². The topological polar surface area (TPSA) is 86.5 Å². The number of ether oxygens (including phenoxy) is 2. The zero-order valence-corrected chi connectivity index (χ0v) is 15.6. The van der Waals surface area contributed by atoms with Crippen molar-refractivity contribution in [3.63, 3.8) is 0 Å². The van der Waals surface area contributed by atoms with Crippen LogP contribution in [0.5, 0.6) is 11.5 Å². The standard InChI is InChI=1S/C19H18FN3O3S/c1-25-14-7-8-15(26-2)12(9-14)10-22-19(24)18-16(21)17(23-27-18)11-3-5-13(20)6-4-11/h3-9H,10,21H2,1-2H3,(H,22,24). The highest BCUT2D eigenvalue weighted by Crippen LogP contribution is 2.31. The molecule has 0 fully saturated rings. The van der Waals surface area contributed by atoms with Crippen molar-refractivity contribution in [2.45, 2.75) is 6.54 Å². The summed E-state index contributed by atoms with van der Waals surface area (Å²) in [5, 5.41) is 2.81. The Bertz CT molecular complexity index is 957. The molecule has 8 heteroatoms. The molecule has 1 heterocycles. The molecule has 27 heavy (non-hydrogen) atoms. The van der Waals surface area contributed by atoms with E-state index in [1.807, 2.05) is 0 Å². The molecule has 6 nitrogen and oxygen atoms in total. The lowest BCUT2D eigenvalue weighted by molar-refractivity contribution is 0.0955. The minimum Gasteiger partial charge on any atom is -0.497 e. The Morgan fingerprint density at radius 1 is 1.19 bits per heavy atom. The Morgan fingerprint density at radius 2 is 1.93 bits per heavy atom. The monoisotopic (exact) mass is 387 g/mol. The third-order valence-corrected chi connectivity index (χ3v) is 4.84. The van der Waals surface area contributed by atoms with E-state index in [9.17, 15) is 9.18 Å². The first-order valence-electron chi connectivity index (χ1n) is 8.03. The predicted molar refractivity (Wildman–Crippen MR) is 103 cm³/mol. The molecule has 0 atom stereocenters. The van der Waals surface area contributed by atoms with Gasteiger partial charge in [-0.15, -0.1) is 0 Å². The highest BCUT2D eigenvalue weighted by molar-refractivity contribution is 7.09. The maximum Gasteiger partial charge on any atom is 0.265 e. The van der Waals surface area contributed by atoms with Gasteiger partial charge >= 0.3 is 0 Å². The van der Waals surface area contributed by atoms with Crippen LogP contribution in [-0.4, -0.2) is 24.5 Å². The fraction of sp³-hybridized carbons (Fsp3) is 0.158. The summed E-state index contributed by atoms with van der Waals surface area (Å²) >= 11 is 0.999. The van der Waals surface area contributed by atoms with Gasteiger partial charge in [-0.3, -0.25) is 4.79 Å². The molecular formula is C19H18FN3O3S. The normalized spacial score (nSPS) is 10.5. The Balaban J connectivity index is 1.77. The van der Waals surface area contributed by atoms with Gasteiger partial charge in [0.2, 0.25) is 0 Å². The number of hydrogen-bond acceptors (Lipinski definition) is 6. The molecule has 0 radical (unpaired) electrons. The molecule has 0 bridgehead atoms. The van der Waals surface area contributed by atoms with Gasteiger partial charge in [0.1, 0.15) is 27.9 Å². The number of amides is 1.